The molecule has 3 aromatic rings. The van der Waals surface area contributed by atoms with Crippen LogP contribution in [-0.4, -0.2) is 50.5 Å². The van der Waals surface area contributed by atoms with Gasteiger partial charge < -0.3 is 15.0 Å². The molecule has 1 N–H and O–H groups in total. The van der Waals surface area contributed by atoms with E-state index in [4.69, 9.17) is 4.74 Å². The Hall–Kier alpha value is -3.12. The Morgan fingerprint density at radius 2 is 1.83 bits per heavy atom. The molecule has 2 aromatic carbocycles. The summed E-state index contributed by atoms with van der Waals surface area (Å²) in [7, 11) is -2.26. The molecule has 0 amide bonds. The van der Waals surface area contributed by atoms with E-state index in [1.807, 2.05) is 4.90 Å². The van der Waals surface area contributed by atoms with Gasteiger partial charge in [0.1, 0.15) is 5.82 Å². The standard InChI is InChI=1S/C23H25F3N4O4S/c1-13(27-18-5-4-15(24)12-19(18)35(3,32)33)16-10-14(21(25)26)11-17-20(16)28-23(29(2)22(17)31)30-6-8-34-9-7-30/h4-5,10-13,21,27H,6-9H2,1-3H3/t13-/m0/s1. The van der Waals surface area contributed by atoms with Crippen molar-refractivity contribution < 1.29 is 26.3 Å². The van der Waals surface area contributed by atoms with Crippen LogP contribution in [0.2, 0.25) is 0 Å². The predicted octanol–water partition coefficient (Wildman–Crippen LogP) is 3.42. The fraction of sp³-hybridized carbons (Fsp3) is 0.391. The van der Waals surface area contributed by atoms with Gasteiger partial charge in [0.25, 0.3) is 12.0 Å². The number of sulfone groups is 1. The number of benzene rings is 2. The van der Waals surface area contributed by atoms with Crippen molar-refractivity contribution in [1.29, 1.82) is 0 Å². The summed E-state index contributed by atoms with van der Waals surface area (Å²) in [5.41, 5.74) is -0.224. The van der Waals surface area contributed by atoms with Crippen molar-refractivity contribution in [2.45, 2.75) is 24.3 Å². The van der Waals surface area contributed by atoms with Crippen molar-refractivity contribution in [3.8, 4) is 0 Å². The zero-order chi connectivity index (χ0) is 25.5. The van der Waals surface area contributed by atoms with Gasteiger partial charge in [-0.15, -0.1) is 0 Å². The van der Waals surface area contributed by atoms with Gasteiger partial charge in [-0.25, -0.2) is 26.6 Å². The molecule has 4 rings (SSSR count). The maximum atomic E-state index is 13.8. The molecule has 12 heteroatoms. The van der Waals surface area contributed by atoms with Gasteiger partial charge in [-0.05, 0) is 37.3 Å². The average Bonchev–Trinajstić information content (AvgIpc) is 2.81. The third kappa shape index (κ3) is 4.98. The van der Waals surface area contributed by atoms with Crippen LogP contribution in [-0.2, 0) is 21.6 Å². The molecule has 0 radical (unpaired) electrons. The maximum absolute atomic E-state index is 13.8. The summed E-state index contributed by atoms with van der Waals surface area (Å²) >= 11 is 0. The van der Waals surface area contributed by atoms with Gasteiger partial charge in [-0.3, -0.25) is 9.36 Å². The second-order valence-electron chi connectivity index (χ2n) is 8.46. The van der Waals surface area contributed by atoms with Crippen LogP contribution >= 0.6 is 0 Å². The first-order valence-corrected chi connectivity index (χ1v) is 12.8. The zero-order valence-electron chi connectivity index (χ0n) is 19.4. The maximum Gasteiger partial charge on any atom is 0.263 e. The summed E-state index contributed by atoms with van der Waals surface area (Å²) in [5.74, 6) is -0.350. The van der Waals surface area contributed by atoms with Crippen LogP contribution in [0.4, 0.5) is 24.8 Å². The van der Waals surface area contributed by atoms with E-state index in [-0.39, 0.29) is 32.6 Å². The zero-order valence-corrected chi connectivity index (χ0v) is 20.2. The third-order valence-electron chi connectivity index (χ3n) is 5.94. The topological polar surface area (TPSA) is 93.5 Å². The highest BCUT2D eigenvalue weighted by molar-refractivity contribution is 7.90. The number of alkyl halides is 2. The van der Waals surface area contributed by atoms with Crippen LogP contribution in [0.5, 0.6) is 0 Å². The molecule has 0 aliphatic carbocycles. The number of hydrogen-bond donors (Lipinski definition) is 1. The van der Waals surface area contributed by atoms with Crippen molar-refractivity contribution in [2.75, 3.05) is 42.8 Å². The number of rotatable bonds is 6. The van der Waals surface area contributed by atoms with E-state index in [1.165, 1.54) is 23.7 Å². The number of ether oxygens (including phenoxy) is 1. The normalized spacial score (nSPS) is 15.6. The smallest absolute Gasteiger partial charge is 0.263 e. The van der Waals surface area contributed by atoms with Crippen LogP contribution in [0.25, 0.3) is 10.9 Å². The predicted molar refractivity (Wildman–Crippen MR) is 127 cm³/mol. The minimum Gasteiger partial charge on any atom is -0.378 e. The lowest BCUT2D eigenvalue weighted by atomic mass is 10.0. The van der Waals surface area contributed by atoms with Crippen LogP contribution < -0.4 is 15.8 Å². The van der Waals surface area contributed by atoms with Crippen molar-refractivity contribution in [2.24, 2.45) is 7.05 Å². The summed E-state index contributed by atoms with van der Waals surface area (Å²) in [5, 5.41) is 3.00. The van der Waals surface area contributed by atoms with Gasteiger partial charge >= 0.3 is 0 Å². The summed E-state index contributed by atoms with van der Waals surface area (Å²) < 4.78 is 72.3. The third-order valence-corrected chi connectivity index (χ3v) is 7.07. The largest absolute Gasteiger partial charge is 0.378 e. The molecule has 8 nitrogen and oxygen atoms in total. The van der Waals surface area contributed by atoms with Crippen molar-refractivity contribution >= 4 is 32.4 Å². The molecule has 35 heavy (non-hydrogen) atoms. The van der Waals surface area contributed by atoms with E-state index in [2.05, 4.69) is 10.3 Å². The molecule has 1 fully saturated rings. The summed E-state index contributed by atoms with van der Waals surface area (Å²) in [6.45, 7) is 3.57. The van der Waals surface area contributed by atoms with Gasteiger partial charge in [-0.1, -0.05) is 0 Å². The van der Waals surface area contributed by atoms with E-state index in [9.17, 15) is 26.4 Å². The molecule has 1 atom stereocenters. The van der Waals surface area contributed by atoms with Crippen LogP contribution in [0.15, 0.2) is 40.0 Å². The second-order valence-corrected chi connectivity index (χ2v) is 10.4. The molecular formula is C23H25F3N4O4S. The van der Waals surface area contributed by atoms with E-state index in [1.54, 1.807) is 6.92 Å². The van der Waals surface area contributed by atoms with E-state index in [0.29, 0.717) is 32.3 Å². The molecule has 188 valence electrons. The highest BCUT2D eigenvalue weighted by Gasteiger charge is 2.24. The quantitative estimate of drug-likeness (QED) is 0.543. The Morgan fingerprint density at radius 1 is 1.14 bits per heavy atom. The van der Waals surface area contributed by atoms with Gasteiger partial charge in [0.15, 0.2) is 9.84 Å². The first-order chi connectivity index (χ1) is 16.5. The number of nitrogens with zero attached hydrogens (tertiary/aromatic N) is 3. The number of aromatic nitrogens is 2. The fourth-order valence-corrected chi connectivity index (χ4v) is 5.00. The fourth-order valence-electron chi connectivity index (χ4n) is 4.15. The summed E-state index contributed by atoms with van der Waals surface area (Å²) in [6.07, 6.45) is -1.89. The van der Waals surface area contributed by atoms with Crippen molar-refractivity contribution in [3.63, 3.8) is 0 Å². The first-order valence-electron chi connectivity index (χ1n) is 10.9. The average molecular weight is 511 g/mol. The molecule has 1 aliphatic rings. The highest BCUT2D eigenvalue weighted by atomic mass is 32.2. The molecule has 2 heterocycles. The molecule has 0 bridgehead atoms. The Kier molecular flexibility index (Phi) is 6.78. The van der Waals surface area contributed by atoms with Crippen molar-refractivity contribution in [3.05, 3.63) is 57.6 Å². The molecule has 0 saturated carbocycles. The molecule has 0 unspecified atom stereocenters. The number of hydrogen-bond acceptors (Lipinski definition) is 7. The second kappa shape index (κ2) is 9.50. The van der Waals surface area contributed by atoms with Crippen LogP contribution in [0.1, 0.15) is 30.5 Å². The van der Waals surface area contributed by atoms with Crippen molar-refractivity contribution in [1.82, 2.24) is 9.55 Å². The molecule has 1 aliphatic heterocycles. The Balaban J connectivity index is 1.89. The van der Waals surface area contributed by atoms with Crippen LogP contribution in [0, 0.1) is 5.82 Å². The molecule has 1 aromatic heterocycles. The monoisotopic (exact) mass is 510 g/mol. The minimum atomic E-state index is -3.79. The number of halogens is 3. The lowest BCUT2D eigenvalue weighted by molar-refractivity contribution is 0.121. The number of morpholine rings is 1. The van der Waals surface area contributed by atoms with E-state index in [0.717, 1.165) is 24.5 Å². The van der Waals surface area contributed by atoms with Gasteiger partial charge in [0, 0.05) is 37.5 Å². The molecule has 1 saturated heterocycles. The van der Waals surface area contributed by atoms with Gasteiger partial charge in [-0.2, -0.15) is 0 Å². The van der Waals surface area contributed by atoms with Gasteiger partial charge in [0.2, 0.25) is 5.95 Å². The van der Waals surface area contributed by atoms with E-state index >= 15 is 0 Å². The van der Waals surface area contributed by atoms with E-state index < -0.39 is 33.7 Å². The molecular weight excluding hydrogens is 485 g/mol. The highest BCUT2D eigenvalue weighted by Crippen LogP contribution is 2.33. The van der Waals surface area contributed by atoms with Crippen LogP contribution in [0.3, 0.4) is 0 Å². The Morgan fingerprint density at radius 3 is 2.46 bits per heavy atom. The summed E-state index contributed by atoms with van der Waals surface area (Å²) in [6, 6.07) is 4.90. The van der Waals surface area contributed by atoms with Gasteiger partial charge in [0.05, 0.1) is 40.7 Å². The molecule has 0 spiro atoms. The summed E-state index contributed by atoms with van der Waals surface area (Å²) in [4.78, 5) is 19.5. The number of nitrogens with one attached hydrogen (secondary N) is 1. The Labute approximate surface area is 200 Å². The number of fused-ring (bicyclic) bond motifs is 1. The minimum absolute atomic E-state index is 0.0217. The lowest BCUT2D eigenvalue weighted by Crippen LogP contribution is -2.40. The number of anilines is 2. The SMILES string of the molecule is C[C@H](Nc1ccc(F)cc1S(C)(=O)=O)c1cc(C(F)F)cc2c(=O)n(C)c(N3CCOCC3)nc12. The lowest BCUT2D eigenvalue weighted by Gasteiger charge is -2.29. The first kappa shape index (κ1) is 25.0. The Bertz CT molecular complexity index is 1440.